The highest BCUT2D eigenvalue weighted by Crippen LogP contribution is 2.38. The summed E-state index contributed by atoms with van der Waals surface area (Å²) in [6.45, 7) is 0.257. The Morgan fingerprint density at radius 1 is 0.842 bits per heavy atom. The van der Waals surface area contributed by atoms with Gasteiger partial charge in [-0.2, -0.15) is 26.3 Å². The minimum absolute atomic E-state index is 0.0524. The van der Waals surface area contributed by atoms with Crippen LogP contribution in [-0.4, -0.2) is 6.61 Å². The largest absolute Gasteiger partial charge is 0.493 e. The quantitative estimate of drug-likeness (QED) is 0.690. The molecule has 0 amide bonds. The maximum absolute atomic E-state index is 12.6. The lowest BCUT2D eigenvalue weighted by molar-refractivity contribution is -0.143. The van der Waals surface area contributed by atoms with Crippen molar-refractivity contribution >= 4 is 5.76 Å². The molecule has 0 unspecified atom stereocenters. The number of rotatable bonds is 1. The van der Waals surface area contributed by atoms with Crippen LogP contribution in [-0.2, 0) is 17.1 Å². The summed E-state index contributed by atoms with van der Waals surface area (Å²) in [7, 11) is 0. The maximum atomic E-state index is 12.6. The molecule has 1 aromatic carbocycles. The van der Waals surface area contributed by atoms with Crippen LogP contribution in [0.2, 0.25) is 0 Å². The monoisotopic (exact) mass is 282 g/mol. The van der Waals surface area contributed by atoms with Gasteiger partial charge in [-0.05, 0) is 24.3 Å². The van der Waals surface area contributed by atoms with E-state index in [2.05, 4.69) is 0 Å². The van der Waals surface area contributed by atoms with Crippen LogP contribution in [0.25, 0.3) is 5.76 Å². The fourth-order valence-electron chi connectivity index (χ4n) is 1.72. The molecule has 0 saturated carbocycles. The number of hydrogen-bond donors (Lipinski definition) is 0. The molecule has 7 heteroatoms. The third-order valence-electron chi connectivity index (χ3n) is 2.58. The molecule has 0 aliphatic carbocycles. The van der Waals surface area contributed by atoms with E-state index < -0.39 is 23.5 Å². The number of benzene rings is 1. The van der Waals surface area contributed by atoms with Crippen molar-refractivity contribution < 1.29 is 31.1 Å². The molecule has 0 bridgehead atoms. The molecule has 1 aliphatic heterocycles. The Morgan fingerprint density at radius 2 is 1.37 bits per heavy atom. The van der Waals surface area contributed by atoms with Crippen molar-refractivity contribution in [1.82, 2.24) is 0 Å². The van der Waals surface area contributed by atoms with E-state index in [0.29, 0.717) is 18.6 Å². The van der Waals surface area contributed by atoms with Crippen LogP contribution in [0.15, 0.2) is 24.3 Å². The summed E-state index contributed by atoms with van der Waals surface area (Å²) >= 11 is 0. The highest BCUT2D eigenvalue weighted by molar-refractivity contribution is 5.63. The van der Waals surface area contributed by atoms with E-state index in [1.165, 1.54) is 6.08 Å². The van der Waals surface area contributed by atoms with Crippen molar-refractivity contribution in [1.29, 1.82) is 0 Å². The molecule has 0 aromatic heterocycles. The topological polar surface area (TPSA) is 9.23 Å². The van der Waals surface area contributed by atoms with Crippen LogP contribution < -0.4 is 0 Å². The van der Waals surface area contributed by atoms with E-state index in [1.54, 1.807) is 0 Å². The van der Waals surface area contributed by atoms with E-state index in [9.17, 15) is 26.3 Å². The lowest BCUT2D eigenvalue weighted by Gasteiger charge is -2.14. The molecule has 1 aromatic rings. The summed E-state index contributed by atoms with van der Waals surface area (Å²) in [6.07, 6.45) is -7.74. The predicted molar refractivity (Wildman–Crippen MR) is 55.0 cm³/mol. The van der Waals surface area contributed by atoms with Crippen LogP contribution in [0.4, 0.5) is 26.3 Å². The van der Waals surface area contributed by atoms with E-state index in [1.807, 2.05) is 0 Å². The van der Waals surface area contributed by atoms with Gasteiger partial charge in [-0.1, -0.05) is 0 Å². The first kappa shape index (κ1) is 13.8. The highest BCUT2D eigenvalue weighted by Gasteiger charge is 2.37. The summed E-state index contributed by atoms with van der Waals surface area (Å²) in [5, 5.41) is 0. The van der Waals surface area contributed by atoms with Crippen molar-refractivity contribution in [2.24, 2.45) is 0 Å². The van der Waals surface area contributed by atoms with Gasteiger partial charge in [0.1, 0.15) is 5.76 Å². The van der Waals surface area contributed by atoms with E-state index in [0.717, 1.165) is 0 Å². The van der Waals surface area contributed by atoms with Gasteiger partial charge in [0.15, 0.2) is 0 Å². The zero-order chi connectivity index (χ0) is 14.3. The van der Waals surface area contributed by atoms with Gasteiger partial charge in [-0.3, -0.25) is 0 Å². The molecule has 0 spiro atoms. The molecule has 0 radical (unpaired) electrons. The molecule has 1 heterocycles. The standard InChI is InChI=1S/C12H8F6O/c13-11(14,15)8-4-7(10-2-1-3-19-10)5-9(6-8)12(16,17)18/h2,4-6H,1,3H2. The third-order valence-corrected chi connectivity index (χ3v) is 2.58. The Bertz CT molecular complexity index is 480. The Balaban J connectivity index is 2.55. The fourth-order valence-corrected chi connectivity index (χ4v) is 1.72. The van der Waals surface area contributed by atoms with Crippen LogP contribution in [0.5, 0.6) is 0 Å². The van der Waals surface area contributed by atoms with Gasteiger partial charge in [-0.15, -0.1) is 0 Å². The summed E-state index contributed by atoms with van der Waals surface area (Å²) in [5.41, 5.74) is -2.89. The molecule has 0 fully saturated rings. The summed E-state index contributed by atoms with van der Waals surface area (Å²) < 4.78 is 80.6. The van der Waals surface area contributed by atoms with Gasteiger partial charge in [0.2, 0.25) is 0 Å². The Kier molecular flexibility index (Phi) is 3.24. The second-order valence-corrected chi connectivity index (χ2v) is 4.00. The lowest BCUT2D eigenvalue weighted by atomic mass is 10.0. The second kappa shape index (κ2) is 4.47. The zero-order valence-corrected chi connectivity index (χ0v) is 9.40. The SMILES string of the molecule is FC(F)(F)c1cc(C2=CCCO2)cc(C(F)(F)F)c1. The van der Waals surface area contributed by atoms with Crippen LogP contribution in [0.1, 0.15) is 23.1 Å². The lowest BCUT2D eigenvalue weighted by Crippen LogP contribution is -2.11. The van der Waals surface area contributed by atoms with Gasteiger partial charge in [0.25, 0.3) is 0 Å². The third kappa shape index (κ3) is 3.02. The molecule has 2 rings (SSSR count). The molecule has 19 heavy (non-hydrogen) atoms. The summed E-state index contributed by atoms with van der Waals surface area (Å²) in [5.74, 6) is 0.0524. The first-order chi connectivity index (χ1) is 8.68. The van der Waals surface area contributed by atoms with E-state index in [4.69, 9.17) is 4.74 Å². The molecule has 0 saturated heterocycles. The minimum atomic E-state index is -4.84. The maximum Gasteiger partial charge on any atom is 0.416 e. The van der Waals surface area contributed by atoms with Crippen molar-refractivity contribution in [3.8, 4) is 0 Å². The van der Waals surface area contributed by atoms with Crippen molar-refractivity contribution in [3.05, 3.63) is 41.0 Å². The average Bonchev–Trinajstić information content (AvgIpc) is 2.79. The van der Waals surface area contributed by atoms with E-state index in [-0.39, 0.29) is 24.0 Å². The number of alkyl halides is 6. The van der Waals surface area contributed by atoms with Gasteiger partial charge in [0, 0.05) is 12.0 Å². The van der Waals surface area contributed by atoms with Crippen molar-refractivity contribution in [3.63, 3.8) is 0 Å². The Morgan fingerprint density at radius 3 is 1.74 bits per heavy atom. The Hall–Kier alpha value is -1.66. The second-order valence-electron chi connectivity index (χ2n) is 4.00. The molecular weight excluding hydrogens is 274 g/mol. The Labute approximate surface area is 104 Å². The zero-order valence-electron chi connectivity index (χ0n) is 9.40. The van der Waals surface area contributed by atoms with Crippen LogP contribution in [0.3, 0.4) is 0 Å². The van der Waals surface area contributed by atoms with Crippen molar-refractivity contribution in [2.45, 2.75) is 18.8 Å². The van der Waals surface area contributed by atoms with Gasteiger partial charge in [0.05, 0.1) is 17.7 Å². The first-order valence-electron chi connectivity index (χ1n) is 5.31. The molecule has 1 aliphatic rings. The van der Waals surface area contributed by atoms with Crippen LogP contribution in [0, 0.1) is 0 Å². The van der Waals surface area contributed by atoms with Crippen LogP contribution >= 0.6 is 0 Å². The summed E-state index contributed by atoms with van der Waals surface area (Å²) in [4.78, 5) is 0. The van der Waals surface area contributed by atoms with E-state index >= 15 is 0 Å². The van der Waals surface area contributed by atoms with Crippen molar-refractivity contribution in [2.75, 3.05) is 6.61 Å². The number of ether oxygens (including phenoxy) is 1. The first-order valence-corrected chi connectivity index (χ1v) is 5.31. The minimum Gasteiger partial charge on any atom is -0.493 e. The molecule has 0 N–H and O–H groups in total. The average molecular weight is 282 g/mol. The number of halogens is 6. The fraction of sp³-hybridized carbons (Fsp3) is 0.333. The molecule has 104 valence electrons. The molecule has 1 nitrogen and oxygen atoms in total. The summed E-state index contributed by atoms with van der Waals surface area (Å²) in [6, 6.07) is 1.41. The molecular formula is C12H8F6O. The van der Waals surface area contributed by atoms with Gasteiger partial charge >= 0.3 is 12.4 Å². The molecule has 0 atom stereocenters. The van der Waals surface area contributed by atoms with Gasteiger partial charge in [-0.25, -0.2) is 0 Å². The highest BCUT2D eigenvalue weighted by atomic mass is 19.4. The normalized spacial score (nSPS) is 16.2. The smallest absolute Gasteiger partial charge is 0.416 e. The van der Waals surface area contributed by atoms with Gasteiger partial charge < -0.3 is 4.74 Å². The number of hydrogen-bond acceptors (Lipinski definition) is 1. The predicted octanol–water partition coefficient (Wildman–Crippen LogP) is 4.49.